The molecule has 4 amide bonds. The second-order valence-corrected chi connectivity index (χ2v) is 8.51. The van der Waals surface area contributed by atoms with Crippen LogP contribution in [0.3, 0.4) is 0 Å². The fourth-order valence-corrected chi connectivity index (χ4v) is 3.48. The van der Waals surface area contributed by atoms with Gasteiger partial charge in [-0.3, -0.25) is 20.6 Å². The number of amides is 4. The Labute approximate surface area is 225 Å². The molecule has 0 atom stereocenters. The number of nitrogens with zero attached hydrogens (tertiary/aromatic N) is 2. The highest BCUT2D eigenvalue weighted by atomic mass is 19.4. The summed E-state index contributed by atoms with van der Waals surface area (Å²) in [6.07, 6.45) is -7.57. The van der Waals surface area contributed by atoms with Gasteiger partial charge < -0.3 is 22.1 Å². The van der Waals surface area contributed by atoms with Crippen molar-refractivity contribution in [1.29, 1.82) is 10.8 Å². The fraction of sp³-hybridized carbons (Fsp3) is 0.333. The third kappa shape index (κ3) is 9.67. The number of carbonyl (C=O) groups is 2. The Kier molecular flexibility index (Phi) is 10.7. The van der Waals surface area contributed by atoms with Crippen molar-refractivity contribution >= 4 is 35.4 Å². The van der Waals surface area contributed by atoms with Gasteiger partial charge >= 0.3 is 24.4 Å². The molecule has 0 bridgehead atoms. The monoisotopic (exact) mass is 574 g/mol. The summed E-state index contributed by atoms with van der Waals surface area (Å²) in [5.74, 6) is -1.23. The number of alkyl halides is 6. The van der Waals surface area contributed by atoms with E-state index < -0.39 is 47.5 Å². The Bertz CT molecular complexity index is 1120. The number of rotatable bonds is 9. The quantitative estimate of drug-likeness (QED) is 0.102. The van der Waals surface area contributed by atoms with Crippen LogP contribution in [-0.4, -0.2) is 46.9 Å². The fourth-order valence-electron chi connectivity index (χ4n) is 3.48. The van der Waals surface area contributed by atoms with Gasteiger partial charge in [-0.1, -0.05) is 25.0 Å². The van der Waals surface area contributed by atoms with Crippen LogP contribution in [0.15, 0.2) is 48.5 Å². The van der Waals surface area contributed by atoms with Crippen LogP contribution in [0.25, 0.3) is 0 Å². The maximum atomic E-state index is 12.9. The Hall–Kier alpha value is -4.50. The van der Waals surface area contributed by atoms with E-state index in [-0.39, 0.29) is 24.5 Å². The van der Waals surface area contributed by atoms with Gasteiger partial charge in [0.05, 0.1) is 11.1 Å². The van der Waals surface area contributed by atoms with Gasteiger partial charge in [-0.05, 0) is 49.2 Å². The van der Waals surface area contributed by atoms with E-state index in [2.05, 4.69) is 10.6 Å². The Morgan fingerprint density at radius 2 is 1.02 bits per heavy atom. The van der Waals surface area contributed by atoms with Gasteiger partial charge in [0, 0.05) is 24.5 Å². The average Bonchev–Trinajstić information content (AvgIpc) is 2.84. The lowest BCUT2D eigenvalue weighted by Crippen LogP contribution is -2.44. The molecule has 0 aliphatic rings. The zero-order valence-corrected chi connectivity index (χ0v) is 21.0. The molecule has 8 N–H and O–H groups in total. The van der Waals surface area contributed by atoms with Crippen molar-refractivity contribution in [3.05, 3.63) is 59.7 Å². The third-order valence-corrected chi connectivity index (χ3v) is 5.47. The van der Waals surface area contributed by atoms with Gasteiger partial charge in [-0.15, -0.1) is 0 Å². The molecule has 16 heteroatoms. The van der Waals surface area contributed by atoms with Crippen molar-refractivity contribution in [3.63, 3.8) is 0 Å². The number of urea groups is 2. The number of anilines is 2. The maximum Gasteiger partial charge on any atom is 0.416 e. The summed E-state index contributed by atoms with van der Waals surface area (Å²) in [4.78, 5) is 26.6. The largest absolute Gasteiger partial charge is 0.416 e. The van der Waals surface area contributed by atoms with Crippen LogP contribution in [0, 0.1) is 10.8 Å². The second-order valence-electron chi connectivity index (χ2n) is 8.51. The highest BCUT2D eigenvalue weighted by Crippen LogP contribution is 2.31. The molecule has 0 radical (unpaired) electrons. The van der Waals surface area contributed by atoms with Crippen LogP contribution in [0.1, 0.15) is 36.8 Å². The first kappa shape index (κ1) is 31.7. The van der Waals surface area contributed by atoms with Crippen LogP contribution < -0.4 is 22.1 Å². The van der Waals surface area contributed by atoms with E-state index in [1.807, 2.05) is 0 Å². The highest BCUT2D eigenvalue weighted by molar-refractivity contribution is 6.01. The van der Waals surface area contributed by atoms with Crippen LogP contribution >= 0.6 is 0 Å². The van der Waals surface area contributed by atoms with Crippen LogP contribution in [0.5, 0.6) is 0 Å². The topological polar surface area (TPSA) is 164 Å². The molecule has 0 aliphatic heterocycles. The van der Waals surface area contributed by atoms with E-state index in [9.17, 15) is 35.9 Å². The summed E-state index contributed by atoms with van der Waals surface area (Å²) in [6.45, 7) is -0.0425. The third-order valence-electron chi connectivity index (χ3n) is 5.47. The molecule has 0 fully saturated rings. The molecular formula is C24H28F6N8O2. The molecule has 0 unspecified atom stereocenters. The van der Waals surface area contributed by atoms with Gasteiger partial charge in [-0.25, -0.2) is 9.59 Å². The van der Waals surface area contributed by atoms with Gasteiger partial charge in [0.1, 0.15) is 0 Å². The first-order chi connectivity index (χ1) is 18.6. The molecule has 0 spiro atoms. The molecule has 2 rings (SSSR count). The number of benzene rings is 2. The maximum absolute atomic E-state index is 12.9. The zero-order valence-electron chi connectivity index (χ0n) is 21.0. The summed E-state index contributed by atoms with van der Waals surface area (Å²) in [5, 5.41) is 19.8. The molecule has 0 aliphatic carbocycles. The predicted molar refractivity (Wildman–Crippen MR) is 137 cm³/mol. The number of hydrogen-bond donors (Lipinski definition) is 6. The summed E-state index contributed by atoms with van der Waals surface area (Å²) in [7, 11) is 0. The van der Waals surface area contributed by atoms with Crippen molar-refractivity contribution < 1.29 is 35.9 Å². The van der Waals surface area contributed by atoms with Crippen molar-refractivity contribution in [3.8, 4) is 0 Å². The molecule has 218 valence electrons. The van der Waals surface area contributed by atoms with E-state index in [4.69, 9.17) is 22.3 Å². The smallest absolute Gasteiger partial charge is 0.370 e. The van der Waals surface area contributed by atoms with Gasteiger partial charge in [-0.2, -0.15) is 26.3 Å². The number of nitrogens with two attached hydrogens (primary N) is 2. The zero-order chi connectivity index (χ0) is 30.1. The minimum Gasteiger partial charge on any atom is -0.370 e. The average molecular weight is 575 g/mol. The molecule has 0 saturated carbocycles. The molecule has 2 aromatic carbocycles. The van der Waals surface area contributed by atoms with Crippen molar-refractivity contribution in [1.82, 2.24) is 9.80 Å². The molecule has 40 heavy (non-hydrogen) atoms. The Morgan fingerprint density at radius 1 is 0.675 bits per heavy atom. The Morgan fingerprint density at radius 3 is 1.32 bits per heavy atom. The standard InChI is InChI=1S/C24H28F6N8O2/c25-23(26,27)15-7-5-9-17(13-15)35-21(39)37(19(31)32)11-3-1-2-4-12-38(20(33)34)22(40)36-18-10-6-8-16(14-18)24(28,29)30/h5-10,13-14H,1-4,11-12H2,(H3,31,32)(H3,33,34)(H,35,39)(H,36,40). The number of carbonyl (C=O) groups excluding carboxylic acids is 2. The Balaban J connectivity index is 1.84. The van der Waals surface area contributed by atoms with E-state index >= 15 is 0 Å². The summed E-state index contributed by atoms with van der Waals surface area (Å²) in [6, 6.07) is 6.19. The number of guanidine groups is 2. The lowest BCUT2D eigenvalue weighted by atomic mass is 10.2. The second kappa shape index (κ2) is 13.5. The summed E-state index contributed by atoms with van der Waals surface area (Å²) < 4.78 is 77.4. The SMILES string of the molecule is N=C(N)N(CCCCCCN(C(=N)N)C(=O)Nc1cccc(C(F)(F)F)c1)C(=O)Nc1cccc(C(F)(F)F)c1. The van der Waals surface area contributed by atoms with E-state index in [0.717, 1.165) is 46.2 Å². The number of hydrogen-bond acceptors (Lipinski definition) is 4. The van der Waals surface area contributed by atoms with Crippen molar-refractivity contribution in [2.45, 2.75) is 38.0 Å². The normalized spacial score (nSPS) is 11.4. The lowest BCUT2D eigenvalue weighted by Gasteiger charge is -2.22. The van der Waals surface area contributed by atoms with Crippen LogP contribution in [0.2, 0.25) is 0 Å². The van der Waals surface area contributed by atoms with E-state index in [0.29, 0.717) is 25.7 Å². The van der Waals surface area contributed by atoms with Gasteiger partial charge in [0.15, 0.2) is 11.9 Å². The molecule has 0 saturated heterocycles. The molecular weight excluding hydrogens is 546 g/mol. The number of nitrogens with one attached hydrogen (secondary N) is 4. The summed E-state index contributed by atoms with van der Waals surface area (Å²) >= 11 is 0. The minimum atomic E-state index is -4.60. The van der Waals surface area contributed by atoms with Crippen molar-refractivity contribution in [2.24, 2.45) is 11.5 Å². The molecule has 0 aromatic heterocycles. The van der Waals surface area contributed by atoms with E-state index in [1.54, 1.807) is 0 Å². The van der Waals surface area contributed by atoms with Crippen LogP contribution in [-0.2, 0) is 12.4 Å². The summed E-state index contributed by atoms with van der Waals surface area (Å²) in [5.41, 5.74) is 8.74. The predicted octanol–water partition coefficient (Wildman–Crippen LogP) is 5.44. The molecule has 2 aromatic rings. The van der Waals surface area contributed by atoms with Gasteiger partial charge in [0.25, 0.3) is 0 Å². The first-order valence-corrected chi connectivity index (χ1v) is 11.8. The highest BCUT2D eigenvalue weighted by Gasteiger charge is 2.31. The molecule has 10 nitrogen and oxygen atoms in total. The lowest BCUT2D eigenvalue weighted by molar-refractivity contribution is -0.138. The number of halogens is 6. The first-order valence-electron chi connectivity index (χ1n) is 11.8. The number of unbranched alkanes of at least 4 members (excludes halogenated alkanes) is 3. The minimum absolute atomic E-state index is 0.0212. The van der Waals surface area contributed by atoms with Crippen LogP contribution in [0.4, 0.5) is 47.3 Å². The molecule has 0 heterocycles. The van der Waals surface area contributed by atoms with Gasteiger partial charge in [0.2, 0.25) is 0 Å². The van der Waals surface area contributed by atoms with E-state index in [1.165, 1.54) is 12.1 Å². The van der Waals surface area contributed by atoms with Crippen molar-refractivity contribution in [2.75, 3.05) is 23.7 Å².